The zero-order valence-electron chi connectivity index (χ0n) is 30.6. The molecule has 0 spiro atoms. The summed E-state index contributed by atoms with van der Waals surface area (Å²) in [6.45, 7) is 6.28. The molecule has 49 heavy (non-hydrogen) atoms. The van der Waals surface area contributed by atoms with E-state index in [0.29, 0.717) is 12.8 Å². The maximum absolute atomic E-state index is 12.6. The molecule has 0 saturated heterocycles. The SMILES string of the molecule is CCC(C)CCCCCCCCCCC(=O)O[C@H](COC(=O)CCCCCCCCCC(C)C)COP(=O)(O)OC[C@@H](O)COP(=O)(O)O. The number of unbranched alkanes of at least 4 members (excludes halogenated alkanes) is 13. The second-order valence-electron chi connectivity index (χ2n) is 13.6. The van der Waals surface area contributed by atoms with Crippen LogP contribution in [0.4, 0.5) is 0 Å². The quantitative estimate of drug-likeness (QED) is 0.0280. The Kier molecular flexibility index (Phi) is 29.1. The van der Waals surface area contributed by atoms with Crippen LogP contribution < -0.4 is 0 Å². The molecule has 0 rings (SSSR count). The van der Waals surface area contributed by atoms with Gasteiger partial charge >= 0.3 is 27.6 Å². The lowest BCUT2D eigenvalue weighted by Gasteiger charge is -2.20. The van der Waals surface area contributed by atoms with E-state index in [2.05, 4.69) is 36.7 Å². The molecule has 0 aromatic heterocycles. The lowest BCUT2D eigenvalue weighted by molar-refractivity contribution is -0.161. The highest BCUT2D eigenvalue weighted by atomic mass is 31.2. The Hall–Kier alpha value is -0.880. The molecule has 0 heterocycles. The monoisotopic (exact) mass is 746 g/mol. The third kappa shape index (κ3) is 34.0. The van der Waals surface area contributed by atoms with Crippen LogP contribution in [0.15, 0.2) is 0 Å². The summed E-state index contributed by atoms with van der Waals surface area (Å²) in [5, 5.41) is 9.69. The van der Waals surface area contributed by atoms with Crippen molar-refractivity contribution in [2.24, 2.45) is 11.8 Å². The van der Waals surface area contributed by atoms with Gasteiger partial charge < -0.3 is 29.3 Å². The van der Waals surface area contributed by atoms with E-state index in [9.17, 15) is 28.7 Å². The average molecular weight is 747 g/mol. The van der Waals surface area contributed by atoms with Gasteiger partial charge in [0.25, 0.3) is 0 Å². The minimum atomic E-state index is -4.85. The minimum absolute atomic E-state index is 0.135. The lowest BCUT2D eigenvalue weighted by atomic mass is 9.99. The summed E-state index contributed by atoms with van der Waals surface area (Å²) >= 11 is 0. The van der Waals surface area contributed by atoms with Crippen LogP contribution in [0.25, 0.3) is 0 Å². The first-order valence-electron chi connectivity index (χ1n) is 18.5. The smallest absolute Gasteiger partial charge is 0.462 e. The zero-order chi connectivity index (χ0) is 37.0. The van der Waals surface area contributed by atoms with E-state index >= 15 is 0 Å². The molecule has 0 radical (unpaired) electrons. The van der Waals surface area contributed by atoms with Crippen molar-refractivity contribution in [2.75, 3.05) is 26.4 Å². The van der Waals surface area contributed by atoms with E-state index in [-0.39, 0.29) is 19.4 Å². The molecule has 4 atom stereocenters. The predicted octanol–water partition coefficient (Wildman–Crippen LogP) is 8.16. The van der Waals surface area contributed by atoms with Gasteiger partial charge in [-0.15, -0.1) is 0 Å². The molecular weight excluding hydrogens is 678 g/mol. The standard InChI is InChI=1S/C34H68O13P2/c1-5-30(4)22-18-14-10-6-7-11-16-20-24-34(37)47-32(28-46-49(41,42)45-26-31(35)25-44-48(38,39)40)27-43-33(36)23-19-15-12-8-9-13-17-21-29(2)3/h29-32,35H,5-28H2,1-4H3,(H,41,42)(H2,38,39,40)/t30?,31-,32+/m0/s1. The van der Waals surface area contributed by atoms with E-state index < -0.39 is 59.6 Å². The van der Waals surface area contributed by atoms with Gasteiger partial charge in [-0.25, -0.2) is 9.13 Å². The predicted molar refractivity (Wildman–Crippen MR) is 189 cm³/mol. The van der Waals surface area contributed by atoms with Gasteiger partial charge in [-0.05, 0) is 24.7 Å². The third-order valence-electron chi connectivity index (χ3n) is 8.20. The van der Waals surface area contributed by atoms with Crippen molar-refractivity contribution in [3.05, 3.63) is 0 Å². The highest BCUT2D eigenvalue weighted by Crippen LogP contribution is 2.43. The van der Waals surface area contributed by atoms with Crippen molar-refractivity contribution in [1.29, 1.82) is 0 Å². The number of ether oxygens (including phenoxy) is 2. The van der Waals surface area contributed by atoms with Crippen LogP contribution >= 0.6 is 15.6 Å². The molecule has 0 fully saturated rings. The zero-order valence-corrected chi connectivity index (χ0v) is 32.4. The molecule has 2 unspecified atom stereocenters. The number of carbonyl (C=O) groups is 2. The summed E-state index contributed by atoms with van der Waals surface area (Å²) in [6.07, 6.45) is 17.2. The van der Waals surface area contributed by atoms with Crippen molar-refractivity contribution >= 4 is 27.6 Å². The molecule has 0 bridgehead atoms. The normalized spacial score (nSPS) is 15.1. The van der Waals surface area contributed by atoms with Crippen LogP contribution in [0.5, 0.6) is 0 Å². The maximum Gasteiger partial charge on any atom is 0.472 e. The van der Waals surface area contributed by atoms with Crippen molar-refractivity contribution in [1.82, 2.24) is 0 Å². The minimum Gasteiger partial charge on any atom is -0.462 e. The number of carbonyl (C=O) groups excluding carboxylic acids is 2. The molecule has 15 heteroatoms. The van der Waals surface area contributed by atoms with Crippen LogP contribution in [0.3, 0.4) is 0 Å². The second kappa shape index (κ2) is 29.7. The fourth-order valence-corrected chi connectivity index (χ4v) is 6.13. The highest BCUT2D eigenvalue weighted by Gasteiger charge is 2.28. The molecule has 0 saturated carbocycles. The number of aliphatic hydroxyl groups is 1. The first-order chi connectivity index (χ1) is 23.1. The Bertz CT molecular complexity index is 928. The van der Waals surface area contributed by atoms with Crippen LogP contribution in [-0.2, 0) is 41.8 Å². The van der Waals surface area contributed by atoms with Gasteiger partial charge in [0.05, 0.1) is 19.8 Å². The van der Waals surface area contributed by atoms with Crippen LogP contribution in [0, 0.1) is 11.8 Å². The Balaban J connectivity index is 4.62. The van der Waals surface area contributed by atoms with Gasteiger partial charge in [-0.3, -0.25) is 23.2 Å². The number of phosphoric ester groups is 2. The summed E-state index contributed by atoms with van der Waals surface area (Å²) in [6, 6.07) is 0. The number of aliphatic hydroxyl groups excluding tert-OH is 1. The number of rotatable bonds is 34. The molecule has 13 nitrogen and oxygen atoms in total. The molecule has 0 aliphatic rings. The van der Waals surface area contributed by atoms with E-state index in [4.69, 9.17) is 23.8 Å². The molecule has 0 aromatic carbocycles. The number of hydrogen-bond acceptors (Lipinski definition) is 10. The molecule has 0 amide bonds. The van der Waals surface area contributed by atoms with E-state index in [0.717, 1.165) is 50.4 Å². The Morgan fingerprint density at radius 2 is 1.04 bits per heavy atom. The molecule has 4 N–H and O–H groups in total. The summed E-state index contributed by atoms with van der Waals surface area (Å²) < 4.78 is 47.5. The first kappa shape index (κ1) is 48.1. The Morgan fingerprint density at radius 3 is 1.55 bits per heavy atom. The topological polar surface area (TPSA) is 195 Å². The van der Waals surface area contributed by atoms with Crippen LogP contribution in [-0.4, -0.2) is 70.4 Å². The van der Waals surface area contributed by atoms with Crippen molar-refractivity contribution in [3.8, 4) is 0 Å². The molecule has 0 aliphatic heterocycles. The van der Waals surface area contributed by atoms with Crippen molar-refractivity contribution in [3.63, 3.8) is 0 Å². The van der Waals surface area contributed by atoms with E-state index in [1.54, 1.807) is 0 Å². The maximum atomic E-state index is 12.6. The summed E-state index contributed by atoms with van der Waals surface area (Å²) in [5.74, 6) is 0.485. The van der Waals surface area contributed by atoms with Crippen LogP contribution in [0.2, 0.25) is 0 Å². The summed E-state index contributed by atoms with van der Waals surface area (Å²) in [7, 11) is -9.64. The lowest BCUT2D eigenvalue weighted by Crippen LogP contribution is -2.30. The number of esters is 2. The van der Waals surface area contributed by atoms with Gasteiger partial charge in [0, 0.05) is 12.8 Å². The van der Waals surface area contributed by atoms with Gasteiger partial charge in [0.1, 0.15) is 12.7 Å². The summed E-state index contributed by atoms with van der Waals surface area (Å²) in [5.41, 5.74) is 0. The van der Waals surface area contributed by atoms with E-state index in [1.165, 1.54) is 64.2 Å². The highest BCUT2D eigenvalue weighted by molar-refractivity contribution is 7.47. The fraction of sp³-hybridized carbons (Fsp3) is 0.941. The van der Waals surface area contributed by atoms with Crippen molar-refractivity contribution < 1.29 is 61.6 Å². The Morgan fingerprint density at radius 1 is 0.592 bits per heavy atom. The van der Waals surface area contributed by atoms with Gasteiger partial charge in [-0.1, -0.05) is 130 Å². The third-order valence-corrected chi connectivity index (χ3v) is 9.64. The largest absolute Gasteiger partial charge is 0.472 e. The molecule has 0 aromatic rings. The molecule has 292 valence electrons. The van der Waals surface area contributed by atoms with Crippen LogP contribution in [0.1, 0.15) is 156 Å². The van der Waals surface area contributed by atoms with Gasteiger partial charge in [0.15, 0.2) is 6.10 Å². The van der Waals surface area contributed by atoms with Gasteiger partial charge in [-0.2, -0.15) is 0 Å². The van der Waals surface area contributed by atoms with E-state index in [1.807, 2.05) is 0 Å². The van der Waals surface area contributed by atoms with Gasteiger partial charge in [0.2, 0.25) is 0 Å². The summed E-state index contributed by atoms with van der Waals surface area (Å²) in [4.78, 5) is 52.3. The first-order valence-corrected chi connectivity index (χ1v) is 21.5. The Labute approximate surface area is 295 Å². The van der Waals surface area contributed by atoms with Crippen molar-refractivity contribution in [2.45, 2.75) is 168 Å². The molecular formula is C34H68O13P2. The number of hydrogen-bond donors (Lipinski definition) is 4. The fourth-order valence-electron chi connectivity index (χ4n) is 4.98. The molecule has 0 aliphatic carbocycles. The number of phosphoric acid groups is 2. The average Bonchev–Trinajstić information content (AvgIpc) is 3.03. The second-order valence-corrected chi connectivity index (χ2v) is 16.3.